The van der Waals surface area contributed by atoms with Gasteiger partial charge in [-0.2, -0.15) is 0 Å². The number of rotatable bonds is 6. The number of aromatic nitrogens is 3. The monoisotopic (exact) mass is 378 g/mol. The van der Waals surface area contributed by atoms with Gasteiger partial charge in [-0.1, -0.05) is 40.9 Å². The molecule has 2 aromatic heterocycles. The van der Waals surface area contributed by atoms with Crippen molar-refractivity contribution in [3.05, 3.63) is 47.1 Å². The zero-order valence-corrected chi connectivity index (χ0v) is 14.5. The summed E-state index contributed by atoms with van der Waals surface area (Å²) in [5.74, 6) is -1.14. The van der Waals surface area contributed by atoms with E-state index in [4.69, 9.17) is 5.11 Å². The SMILES string of the molecule is O=C(O)Cc1nnc(Sc2ncc(NC(=O)c3ccccc3)s2)s1. The Balaban J connectivity index is 1.62. The van der Waals surface area contributed by atoms with E-state index in [-0.39, 0.29) is 12.3 Å². The molecule has 0 spiro atoms. The zero-order chi connectivity index (χ0) is 16.9. The number of carbonyl (C=O) groups is 2. The van der Waals surface area contributed by atoms with Crippen molar-refractivity contribution in [3.8, 4) is 0 Å². The molecule has 2 N–H and O–H groups in total. The van der Waals surface area contributed by atoms with Crippen LogP contribution in [-0.4, -0.2) is 32.2 Å². The molecule has 0 atom stereocenters. The average Bonchev–Trinajstić information content (AvgIpc) is 3.17. The van der Waals surface area contributed by atoms with E-state index in [9.17, 15) is 9.59 Å². The standard InChI is InChI=1S/C14H10N4O3S3/c19-11(20)6-9-17-18-14(22-9)24-13-15-7-10(23-13)16-12(21)8-4-2-1-3-5-8/h1-5,7H,6H2,(H,16,21)(H,19,20). The first-order chi connectivity index (χ1) is 11.6. The van der Waals surface area contributed by atoms with Crippen LogP contribution >= 0.6 is 34.4 Å². The highest BCUT2D eigenvalue weighted by Crippen LogP contribution is 2.35. The third kappa shape index (κ3) is 4.37. The quantitative estimate of drug-likeness (QED) is 0.679. The Bertz CT molecular complexity index is 863. The molecular formula is C14H10N4O3S3. The fourth-order valence-electron chi connectivity index (χ4n) is 1.69. The van der Waals surface area contributed by atoms with Gasteiger partial charge >= 0.3 is 5.97 Å². The van der Waals surface area contributed by atoms with Gasteiger partial charge in [0.2, 0.25) is 0 Å². The van der Waals surface area contributed by atoms with Crippen molar-refractivity contribution < 1.29 is 14.7 Å². The number of benzene rings is 1. The number of carbonyl (C=O) groups excluding carboxylic acids is 1. The molecule has 3 rings (SSSR count). The van der Waals surface area contributed by atoms with E-state index in [1.54, 1.807) is 30.5 Å². The van der Waals surface area contributed by atoms with Crippen LogP contribution in [0.3, 0.4) is 0 Å². The van der Waals surface area contributed by atoms with Crippen LogP contribution in [0.25, 0.3) is 0 Å². The van der Waals surface area contributed by atoms with E-state index in [2.05, 4.69) is 20.5 Å². The summed E-state index contributed by atoms with van der Waals surface area (Å²) in [6, 6.07) is 8.91. The Hall–Kier alpha value is -2.30. The average molecular weight is 378 g/mol. The number of anilines is 1. The Morgan fingerprint density at radius 1 is 1.12 bits per heavy atom. The number of carboxylic acid groups (broad SMARTS) is 1. The van der Waals surface area contributed by atoms with E-state index in [0.717, 1.165) is 0 Å². The van der Waals surface area contributed by atoms with Crippen LogP contribution in [0.5, 0.6) is 0 Å². The highest BCUT2D eigenvalue weighted by Gasteiger charge is 2.13. The van der Waals surface area contributed by atoms with E-state index in [1.165, 1.54) is 34.4 Å². The largest absolute Gasteiger partial charge is 0.481 e. The number of nitrogens with one attached hydrogen (secondary N) is 1. The summed E-state index contributed by atoms with van der Waals surface area (Å²) < 4.78 is 1.30. The maximum atomic E-state index is 12.1. The van der Waals surface area contributed by atoms with Crippen LogP contribution in [0.4, 0.5) is 5.00 Å². The minimum Gasteiger partial charge on any atom is -0.481 e. The Kier molecular flexibility index (Phi) is 5.18. The lowest BCUT2D eigenvalue weighted by Gasteiger charge is -2.00. The molecule has 0 fully saturated rings. The van der Waals surface area contributed by atoms with Crippen molar-refractivity contribution in [2.24, 2.45) is 0 Å². The second kappa shape index (κ2) is 7.51. The highest BCUT2D eigenvalue weighted by atomic mass is 32.2. The molecule has 24 heavy (non-hydrogen) atoms. The molecule has 1 aromatic carbocycles. The number of amides is 1. The minimum absolute atomic E-state index is 0.144. The summed E-state index contributed by atoms with van der Waals surface area (Å²) in [6.07, 6.45) is 1.43. The molecule has 0 bridgehead atoms. The number of thiazole rings is 1. The topological polar surface area (TPSA) is 105 Å². The number of hydrogen-bond acceptors (Lipinski definition) is 8. The molecule has 10 heteroatoms. The van der Waals surface area contributed by atoms with E-state index < -0.39 is 5.97 Å². The molecule has 0 aliphatic rings. The fraction of sp³-hybridized carbons (Fsp3) is 0.0714. The summed E-state index contributed by atoms with van der Waals surface area (Å²) in [6.45, 7) is 0. The van der Waals surface area contributed by atoms with Gasteiger partial charge in [0.1, 0.15) is 10.0 Å². The van der Waals surface area contributed by atoms with Gasteiger partial charge in [-0.05, 0) is 23.9 Å². The van der Waals surface area contributed by atoms with E-state index in [0.29, 0.717) is 24.3 Å². The molecule has 0 aliphatic carbocycles. The molecule has 7 nitrogen and oxygen atoms in total. The van der Waals surface area contributed by atoms with Gasteiger partial charge in [0.05, 0.1) is 12.6 Å². The predicted octanol–water partition coefficient (Wildman–Crippen LogP) is 3.03. The Labute approximate surface area is 148 Å². The van der Waals surface area contributed by atoms with Crippen molar-refractivity contribution in [1.82, 2.24) is 15.2 Å². The second-order valence-electron chi connectivity index (χ2n) is 4.44. The van der Waals surface area contributed by atoms with Crippen molar-refractivity contribution >= 4 is 51.3 Å². The third-order valence-corrected chi connectivity index (χ3v) is 5.64. The Morgan fingerprint density at radius 2 is 1.92 bits per heavy atom. The third-order valence-electron chi connectivity index (χ3n) is 2.68. The molecule has 122 valence electrons. The van der Waals surface area contributed by atoms with E-state index in [1.807, 2.05) is 6.07 Å². The Morgan fingerprint density at radius 3 is 2.67 bits per heavy atom. The second-order valence-corrected chi connectivity index (χ2v) is 8.03. The number of nitrogens with zero attached hydrogens (tertiary/aromatic N) is 3. The van der Waals surface area contributed by atoms with Crippen LogP contribution in [0.15, 0.2) is 45.2 Å². The predicted molar refractivity (Wildman–Crippen MR) is 91.9 cm³/mol. The minimum atomic E-state index is -0.942. The molecule has 1 amide bonds. The van der Waals surface area contributed by atoms with Crippen LogP contribution in [-0.2, 0) is 11.2 Å². The van der Waals surface area contributed by atoms with E-state index >= 15 is 0 Å². The maximum absolute atomic E-state index is 12.1. The van der Waals surface area contributed by atoms with Crippen LogP contribution in [0.2, 0.25) is 0 Å². The summed E-state index contributed by atoms with van der Waals surface area (Å²) >= 11 is 3.82. The molecule has 3 aromatic rings. The summed E-state index contributed by atoms with van der Waals surface area (Å²) in [4.78, 5) is 26.9. The lowest BCUT2D eigenvalue weighted by atomic mass is 10.2. The molecule has 0 saturated heterocycles. The summed E-state index contributed by atoms with van der Waals surface area (Å²) in [5.41, 5.74) is 0.572. The first kappa shape index (κ1) is 16.6. The van der Waals surface area contributed by atoms with Crippen LogP contribution in [0.1, 0.15) is 15.4 Å². The lowest BCUT2D eigenvalue weighted by molar-refractivity contribution is -0.136. The number of hydrogen-bond donors (Lipinski definition) is 2. The highest BCUT2D eigenvalue weighted by molar-refractivity contribution is 8.02. The van der Waals surface area contributed by atoms with Gasteiger partial charge in [-0.3, -0.25) is 9.59 Å². The lowest BCUT2D eigenvalue weighted by Crippen LogP contribution is -2.10. The smallest absolute Gasteiger partial charge is 0.310 e. The van der Waals surface area contributed by atoms with Crippen molar-refractivity contribution in [1.29, 1.82) is 0 Å². The molecule has 2 heterocycles. The van der Waals surface area contributed by atoms with Gasteiger partial charge in [-0.25, -0.2) is 4.98 Å². The molecular weight excluding hydrogens is 368 g/mol. The first-order valence-corrected chi connectivity index (χ1v) is 9.09. The van der Waals surface area contributed by atoms with Gasteiger partial charge in [0.25, 0.3) is 5.91 Å². The maximum Gasteiger partial charge on any atom is 0.310 e. The molecule has 0 saturated carbocycles. The van der Waals surface area contributed by atoms with Gasteiger partial charge in [0.15, 0.2) is 8.68 Å². The number of aliphatic carboxylic acids is 1. The van der Waals surface area contributed by atoms with Gasteiger partial charge < -0.3 is 10.4 Å². The first-order valence-electron chi connectivity index (χ1n) is 6.64. The van der Waals surface area contributed by atoms with Crippen molar-refractivity contribution in [2.45, 2.75) is 15.1 Å². The van der Waals surface area contributed by atoms with Crippen molar-refractivity contribution in [2.75, 3.05) is 5.32 Å². The number of carboxylic acids is 1. The van der Waals surface area contributed by atoms with Crippen LogP contribution in [0, 0.1) is 0 Å². The summed E-state index contributed by atoms with van der Waals surface area (Å²) in [7, 11) is 0. The molecule has 0 radical (unpaired) electrons. The summed E-state index contributed by atoms with van der Waals surface area (Å²) in [5, 5.41) is 20.3. The van der Waals surface area contributed by atoms with Gasteiger partial charge in [0, 0.05) is 5.56 Å². The normalized spacial score (nSPS) is 10.5. The fourth-order valence-corrected chi connectivity index (χ4v) is 4.65. The van der Waals surface area contributed by atoms with Crippen molar-refractivity contribution in [3.63, 3.8) is 0 Å². The molecule has 0 aliphatic heterocycles. The zero-order valence-electron chi connectivity index (χ0n) is 12.0. The van der Waals surface area contributed by atoms with Crippen LogP contribution < -0.4 is 5.32 Å². The molecule has 0 unspecified atom stereocenters. The van der Waals surface area contributed by atoms with Gasteiger partial charge in [-0.15, -0.1) is 10.2 Å².